The fraction of sp³-hybridized carbons (Fsp3) is 0.879. The van der Waals surface area contributed by atoms with Gasteiger partial charge in [-0.2, -0.15) is 0 Å². The first kappa shape index (κ1) is 30.3. The number of rotatable bonds is 8. The SMILES string of the molecule is O=C(OC1CCCCC1)C1CC(C(=O)OC2CCCCC2)C(C(=O)OC2CCCCC2)C1C(=O)OC1CCCCC1. The van der Waals surface area contributed by atoms with Crippen LogP contribution in [0.5, 0.6) is 0 Å². The Hall–Kier alpha value is -2.12. The predicted molar refractivity (Wildman–Crippen MR) is 150 cm³/mol. The molecule has 4 atom stereocenters. The van der Waals surface area contributed by atoms with Crippen LogP contribution in [0, 0.1) is 23.7 Å². The molecule has 0 saturated heterocycles. The molecule has 5 saturated carbocycles. The van der Waals surface area contributed by atoms with Crippen LogP contribution in [0.25, 0.3) is 0 Å². The maximum Gasteiger partial charge on any atom is 0.310 e. The molecule has 0 bridgehead atoms. The van der Waals surface area contributed by atoms with E-state index in [4.69, 9.17) is 18.9 Å². The number of esters is 4. The van der Waals surface area contributed by atoms with Gasteiger partial charge in [-0.25, -0.2) is 0 Å². The van der Waals surface area contributed by atoms with E-state index in [1.54, 1.807) is 0 Å². The molecule has 0 heterocycles. The molecule has 5 fully saturated rings. The van der Waals surface area contributed by atoms with Crippen LogP contribution in [0.3, 0.4) is 0 Å². The molecule has 0 aromatic heterocycles. The van der Waals surface area contributed by atoms with Gasteiger partial charge in [-0.05, 0) is 109 Å². The Morgan fingerprint density at radius 1 is 0.341 bits per heavy atom. The zero-order valence-corrected chi connectivity index (χ0v) is 24.7. The lowest BCUT2D eigenvalue weighted by Gasteiger charge is -2.30. The highest BCUT2D eigenvalue weighted by Gasteiger charge is 2.59. The molecular weight excluding hydrogens is 524 g/mol. The molecule has 8 heteroatoms. The summed E-state index contributed by atoms with van der Waals surface area (Å²) in [6.45, 7) is 0. The Labute approximate surface area is 244 Å². The van der Waals surface area contributed by atoms with Gasteiger partial charge < -0.3 is 18.9 Å². The van der Waals surface area contributed by atoms with E-state index in [9.17, 15) is 19.2 Å². The second kappa shape index (κ2) is 14.9. The summed E-state index contributed by atoms with van der Waals surface area (Å²) in [6.07, 6.45) is 18.0. The standard InChI is InChI=1S/C33H50O8/c34-30(38-22-13-5-1-6-14-22)26-21-27(31(35)39-23-15-7-2-8-16-23)29(33(37)41-25-19-11-4-12-20-25)28(26)32(36)40-24-17-9-3-10-18-24/h22-29H,1-21H2. The largest absolute Gasteiger partial charge is 0.462 e. The second-order valence-corrected chi connectivity index (χ2v) is 13.3. The van der Waals surface area contributed by atoms with Crippen molar-refractivity contribution >= 4 is 23.9 Å². The summed E-state index contributed by atoms with van der Waals surface area (Å²) >= 11 is 0. The number of carbonyl (C=O) groups excluding carboxylic acids is 4. The molecule has 5 rings (SSSR count). The van der Waals surface area contributed by atoms with Crippen LogP contribution >= 0.6 is 0 Å². The van der Waals surface area contributed by atoms with Crippen LogP contribution < -0.4 is 0 Å². The van der Waals surface area contributed by atoms with Gasteiger partial charge in [-0.15, -0.1) is 0 Å². The summed E-state index contributed by atoms with van der Waals surface area (Å²) < 4.78 is 23.9. The molecule has 41 heavy (non-hydrogen) atoms. The van der Waals surface area contributed by atoms with Crippen molar-refractivity contribution in [2.24, 2.45) is 23.7 Å². The lowest BCUT2D eigenvalue weighted by Crippen LogP contribution is -2.41. The number of carbonyl (C=O) groups is 4. The van der Waals surface area contributed by atoms with Crippen LogP contribution in [0.2, 0.25) is 0 Å². The minimum absolute atomic E-state index is 0.0476. The minimum atomic E-state index is -1.10. The summed E-state index contributed by atoms with van der Waals surface area (Å²) in [7, 11) is 0. The Bertz CT molecular complexity index is 821. The van der Waals surface area contributed by atoms with E-state index in [1.807, 2.05) is 0 Å². The van der Waals surface area contributed by atoms with Gasteiger partial charge in [0, 0.05) is 0 Å². The van der Waals surface area contributed by atoms with Gasteiger partial charge in [-0.1, -0.05) is 25.7 Å². The average Bonchev–Trinajstić information content (AvgIpc) is 3.41. The maximum absolute atomic E-state index is 13.9. The summed E-state index contributed by atoms with van der Waals surface area (Å²) in [5.74, 6) is -6.19. The summed E-state index contributed by atoms with van der Waals surface area (Å²) in [4.78, 5) is 55.2. The lowest BCUT2D eigenvalue weighted by atomic mass is 9.86. The van der Waals surface area contributed by atoms with Crippen LogP contribution in [-0.2, 0) is 38.1 Å². The molecular formula is C33H50O8. The summed E-state index contributed by atoms with van der Waals surface area (Å²) in [6, 6.07) is 0. The molecule has 5 aliphatic carbocycles. The zero-order chi connectivity index (χ0) is 28.6. The molecule has 4 unspecified atom stereocenters. The third-order valence-electron chi connectivity index (χ3n) is 10.3. The highest BCUT2D eigenvalue weighted by molar-refractivity contribution is 5.93. The van der Waals surface area contributed by atoms with Crippen molar-refractivity contribution in [3.8, 4) is 0 Å². The molecule has 0 aromatic rings. The smallest absolute Gasteiger partial charge is 0.310 e. The van der Waals surface area contributed by atoms with Crippen LogP contribution in [0.1, 0.15) is 135 Å². The van der Waals surface area contributed by atoms with Gasteiger partial charge in [0.2, 0.25) is 0 Å². The predicted octanol–water partition coefficient (Wildman–Crippen LogP) is 6.36. The third kappa shape index (κ3) is 8.04. The molecule has 0 radical (unpaired) electrons. The quantitative estimate of drug-likeness (QED) is 0.244. The number of hydrogen-bond acceptors (Lipinski definition) is 8. The average molecular weight is 575 g/mol. The normalized spacial score (nSPS) is 30.8. The van der Waals surface area contributed by atoms with E-state index in [-0.39, 0.29) is 30.8 Å². The van der Waals surface area contributed by atoms with Gasteiger partial charge in [-0.3, -0.25) is 19.2 Å². The Kier molecular flexibility index (Phi) is 11.0. The maximum atomic E-state index is 13.9. The first-order chi connectivity index (χ1) is 20.0. The van der Waals surface area contributed by atoms with Crippen molar-refractivity contribution < 1.29 is 38.1 Å². The fourth-order valence-corrected chi connectivity index (χ4v) is 7.90. The first-order valence-corrected chi connectivity index (χ1v) is 16.8. The Balaban J connectivity index is 1.39. The number of hydrogen-bond donors (Lipinski definition) is 0. The molecule has 5 aliphatic rings. The van der Waals surface area contributed by atoms with Crippen molar-refractivity contribution in [1.82, 2.24) is 0 Å². The van der Waals surface area contributed by atoms with E-state index >= 15 is 0 Å². The molecule has 8 nitrogen and oxygen atoms in total. The van der Waals surface area contributed by atoms with Crippen molar-refractivity contribution in [2.75, 3.05) is 0 Å². The molecule has 0 spiro atoms. The first-order valence-electron chi connectivity index (χ1n) is 16.8. The Morgan fingerprint density at radius 3 is 0.854 bits per heavy atom. The number of ether oxygens (including phenoxy) is 4. The van der Waals surface area contributed by atoms with E-state index in [2.05, 4.69) is 0 Å². The lowest BCUT2D eigenvalue weighted by molar-refractivity contribution is -0.176. The van der Waals surface area contributed by atoms with Gasteiger partial charge in [0.15, 0.2) is 0 Å². The van der Waals surface area contributed by atoms with Crippen molar-refractivity contribution in [3.05, 3.63) is 0 Å². The molecule has 0 N–H and O–H groups in total. The molecule has 0 amide bonds. The third-order valence-corrected chi connectivity index (χ3v) is 10.3. The highest BCUT2D eigenvalue weighted by atomic mass is 16.6. The van der Waals surface area contributed by atoms with E-state index in [0.29, 0.717) is 0 Å². The van der Waals surface area contributed by atoms with Crippen LogP contribution in [0.4, 0.5) is 0 Å². The van der Waals surface area contributed by atoms with Crippen molar-refractivity contribution in [2.45, 2.75) is 159 Å². The van der Waals surface area contributed by atoms with Crippen LogP contribution in [0.15, 0.2) is 0 Å². The second-order valence-electron chi connectivity index (χ2n) is 13.3. The topological polar surface area (TPSA) is 105 Å². The molecule has 230 valence electrons. The zero-order valence-electron chi connectivity index (χ0n) is 24.7. The minimum Gasteiger partial charge on any atom is -0.462 e. The highest BCUT2D eigenvalue weighted by Crippen LogP contribution is 2.46. The summed E-state index contributed by atoms with van der Waals surface area (Å²) in [5, 5.41) is 0. The van der Waals surface area contributed by atoms with Crippen molar-refractivity contribution in [1.29, 1.82) is 0 Å². The van der Waals surface area contributed by atoms with Gasteiger partial charge in [0.1, 0.15) is 24.4 Å². The molecule has 0 aliphatic heterocycles. The van der Waals surface area contributed by atoms with E-state index in [1.165, 1.54) is 0 Å². The van der Waals surface area contributed by atoms with E-state index < -0.39 is 47.5 Å². The van der Waals surface area contributed by atoms with Gasteiger partial charge in [0.05, 0.1) is 23.7 Å². The molecule has 0 aromatic carbocycles. The van der Waals surface area contributed by atoms with Crippen LogP contribution in [-0.4, -0.2) is 48.3 Å². The fourth-order valence-electron chi connectivity index (χ4n) is 7.90. The monoisotopic (exact) mass is 574 g/mol. The van der Waals surface area contributed by atoms with E-state index in [0.717, 1.165) is 128 Å². The Morgan fingerprint density at radius 2 is 0.585 bits per heavy atom. The summed E-state index contributed by atoms with van der Waals surface area (Å²) in [5.41, 5.74) is 0. The van der Waals surface area contributed by atoms with Crippen molar-refractivity contribution in [3.63, 3.8) is 0 Å². The van der Waals surface area contributed by atoms with Gasteiger partial charge in [0.25, 0.3) is 0 Å². The van der Waals surface area contributed by atoms with Gasteiger partial charge >= 0.3 is 23.9 Å².